The molecule has 12 heteroatoms. The van der Waals surface area contributed by atoms with Gasteiger partial charge in [-0.15, -0.1) is 0 Å². The molecule has 3 heterocycles. The number of benzene rings is 1. The van der Waals surface area contributed by atoms with Gasteiger partial charge in [0, 0.05) is 31.0 Å². The summed E-state index contributed by atoms with van der Waals surface area (Å²) in [4.78, 5) is 22.4. The smallest absolute Gasteiger partial charge is 0.369 e. The molecule has 0 atom stereocenters. The molecule has 1 aliphatic heterocycles. The number of carbonyl (C=O) groups is 1. The van der Waals surface area contributed by atoms with Gasteiger partial charge in [-0.25, -0.2) is 14.8 Å². The molecule has 0 aliphatic carbocycles. The van der Waals surface area contributed by atoms with E-state index in [1.54, 1.807) is 23.1 Å². The number of amides is 2. The van der Waals surface area contributed by atoms with E-state index in [4.69, 9.17) is 4.74 Å². The van der Waals surface area contributed by atoms with Gasteiger partial charge in [-0.3, -0.25) is 4.68 Å². The minimum absolute atomic E-state index is 0.0352. The summed E-state index contributed by atoms with van der Waals surface area (Å²) in [6, 6.07) is 5.07. The number of aromatic nitrogens is 4. The first kappa shape index (κ1) is 26.4. The van der Waals surface area contributed by atoms with Gasteiger partial charge in [-0.2, -0.15) is 18.3 Å². The van der Waals surface area contributed by atoms with Crippen LogP contribution >= 0.6 is 0 Å². The fourth-order valence-corrected chi connectivity index (χ4v) is 3.92. The standard InChI is InChI=1S/C25H30F3N7O2/c1-5-35-13-18(12-31-35)32-22-29-9-8-21(33-22)16-6-7-17(20(10-16)25(26,27)28)11-30-23(36)34-14-19(15-34)37-24(2,3)4/h6-10,12-13,19H,5,11,14-15H2,1-4H3,(H,30,36)(H,29,32,33). The lowest BCUT2D eigenvalue weighted by Gasteiger charge is -2.41. The minimum atomic E-state index is -4.61. The summed E-state index contributed by atoms with van der Waals surface area (Å²) in [6.45, 7) is 8.98. The summed E-state index contributed by atoms with van der Waals surface area (Å²) >= 11 is 0. The monoisotopic (exact) mass is 517 g/mol. The minimum Gasteiger partial charge on any atom is -0.369 e. The molecule has 2 aromatic heterocycles. The molecular weight excluding hydrogens is 487 g/mol. The normalized spacial score (nSPS) is 14.4. The molecule has 1 saturated heterocycles. The summed E-state index contributed by atoms with van der Waals surface area (Å²) in [5.74, 6) is 0.237. The molecule has 0 bridgehead atoms. The highest BCUT2D eigenvalue weighted by atomic mass is 19.4. The molecule has 0 saturated carbocycles. The van der Waals surface area contributed by atoms with Crippen LogP contribution in [0.15, 0.2) is 42.9 Å². The molecule has 2 N–H and O–H groups in total. The second kappa shape index (κ2) is 10.4. The van der Waals surface area contributed by atoms with Crippen molar-refractivity contribution in [3.63, 3.8) is 0 Å². The molecule has 0 radical (unpaired) electrons. The molecule has 2 amide bonds. The van der Waals surface area contributed by atoms with Crippen LogP contribution in [0.3, 0.4) is 0 Å². The SMILES string of the molecule is CCn1cc(Nc2nccc(-c3ccc(CNC(=O)N4CC(OC(C)(C)C)C4)c(C(F)(F)F)c3)n2)cn1. The van der Waals surface area contributed by atoms with Crippen molar-refractivity contribution in [2.24, 2.45) is 0 Å². The second-order valence-electron chi connectivity index (χ2n) is 9.76. The zero-order valence-electron chi connectivity index (χ0n) is 21.1. The van der Waals surface area contributed by atoms with Gasteiger partial charge in [0.25, 0.3) is 0 Å². The van der Waals surface area contributed by atoms with Crippen molar-refractivity contribution in [2.45, 2.75) is 58.7 Å². The first-order valence-corrected chi connectivity index (χ1v) is 11.9. The van der Waals surface area contributed by atoms with Crippen LogP contribution in [0.4, 0.5) is 29.6 Å². The van der Waals surface area contributed by atoms with Gasteiger partial charge >= 0.3 is 12.2 Å². The molecule has 4 rings (SSSR count). The van der Waals surface area contributed by atoms with E-state index in [2.05, 4.69) is 25.7 Å². The van der Waals surface area contributed by atoms with Gasteiger partial charge in [0.2, 0.25) is 5.95 Å². The Bertz CT molecular complexity index is 1250. The highest BCUT2D eigenvalue weighted by Crippen LogP contribution is 2.35. The number of nitrogens with one attached hydrogen (secondary N) is 2. The Labute approximate surface area is 213 Å². The molecule has 0 unspecified atom stereocenters. The molecule has 1 aliphatic rings. The average molecular weight is 518 g/mol. The highest BCUT2D eigenvalue weighted by molar-refractivity contribution is 5.75. The largest absolute Gasteiger partial charge is 0.416 e. The Hall–Kier alpha value is -3.67. The third-order valence-electron chi connectivity index (χ3n) is 5.67. The Morgan fingerprint density at radius 3 is 2.59 bits per heavy atom. The van der Waals surface area contributed by atoms with E-state index < -0.39 is 17.8 Å². The predicted octanol–water partition coefficient (Wildman–Crippen LogP) is 4.83. The third kappa shape index (κ3) is 6.76. The van der Waals surface area contributed by atoms with Gasteiger partial charge in [0.05, 0.1) is 47.9 Å². The number of rotatable bonds is 7. The van der Waals surface area contributed by atoms with Gasteiger partial charge < -0.3 is 20.3 Å². The van der Waals surface area contributed by atoms with Crippen LogP contribution in [0.1, 0.15) is 38.8 Å². The summed E-state index contributed by atoms with van der Waals surface area (Å²) in [6.07, 6.45) is 0.175. The number of ether oxygens (including phenoxy) is 1. The van der Waals surface area contributed by atoms with Crippen molar-refractivity contribution < 1.29 is 22.7 Å². The number of anilines is 2. The molecular formula is C25H30F3N7O2. The van der Waals surface area contributed by atoms with Crippen LogP contribution in [0.2, 0.25) is 0 Å². The van der Waals surface area contributed by atoms with E-state index in [-0.39, 0.29) is 35.3 Å². The zero-order chi connectivity index (χ0) is 26.8. The lowest BCUT2D eigenvalue weighted by Crippen LogP contribution is -2.59. The van der Waals surface area contributed by atoms with Crippen molar-refractivity contribution in [2.75, 3.05) is 18.4 Å². The topological polar surface area (TPSA) is 97.2 Å². The Morgan fingerprint density at radius 1 is 1.19 bits per heavy atom. The van der Waals surface area contributed by atoms with Crippen molar-refractivity contribution in [3.8, 4) is 11.3 Å². The number of nitrogens with zero attached hydrogens (tertiary/aromatic N) is 5. The number of urea groups is 1. The van der Waals surface area contributed by atoms with E-state index in [9.17, 15) is 18.0 Å². The summed E-state index contributed by atoms with van der Waals surface area (Å²) in [5.41, 5.74) is 0.0794. The van der Waals surface area contributed by atoms with Crippen molar-refractivity contribution in [1.29, 1.82) is 0 Å². The Morgan fingerprint density at radius 2 is 1.95 bits per heavy atom. The molecule has 198 valence electrons. The lowest BCUT2D eigenvalue weighted by atomic mass is 10.0. The highest BCUT2D eigenvalue weighted by Gasteiger charge is 2.36. The van der Waals surface area contributed by atoms with Gasteiger partial charge in [-0.05, 0) is 45.4 Å². The first-order chi connectivity index (χ1) is 17.4. The van der Waals surface area contributed by atoms with E-state index in [1.165, 1.54) is 23.2 Å². The molecule has 9 nitrogen and oxygen atoms in total. The van der Waals surface area contributed by atoms with Gasteiger partial charge in [-0.1, -0.05) is 12.1 Å². The number of alkyl halides is 3. The molecule has 37 heavy (non-hydrogen) atoms. The summed E-state index contributed by atoms with van der Waals surface area (Å²) < 4.78 is 49.3. The van der Waals surface area contributed by atoms with Crippen LogP contribution in [0, 0.1) is 0 Å². The van der Waals surface area contributed by atoms with Crippen LogP contribution in [-0.2, 0) is 24.0 Å². The van der Waals surface area contributed by atoms with Gasteiger partial charge in [0.1, 0.15) is 0 Å². The second-order valence-corrected chi connectivity index (χ2v) is 9.76. The summed E-state index contributed by atoms with van der Waals surface area (Å²) in [7, 11) is 0. The lowest BCUT2D eigenvalue weighted by molar-refractivity contribution is -0.138. The van der Waals surface area contributed by atoms with Gasteiger partial charge in [0.15, 0.2) is 0 Å². The van der Waals surface area contributed by atoms with Crippen LogP contribution in [0.25, 0.3) is 11.3 Å². The fourth-order valence-electron chi connectivity index (χ4n) is 3.92. The number of hydrogen-bond donors (Lipinski definition) is 2. The van der Waals surface area contributed by atoms with E-state index in [0.29, 0.717) is 31.0 Å². The molecule has 1 fully saturated rings. The molecule has 3 aromatic rings. The number of aryl methyl sites for hydroxylation is 1. The number of likely N-dealkylation sites (tertiary alicyclic amines) is 1. The van der Waals surface area contributed by atoms with Crippen LogP contribution in [-0.4, -0.2) is 55.5 Å². The zero-order valence-corrected chi connectivity index (χ0v) is 21.1. The van der Waals surface area contributed by atoms with E-state index in [0.717, 1.165) is 6.07 Å². The maximum Gasteiger partial charge on any atom is 0.416 e. The predicted molar refractivity (Wildman–Crippen MR) is 132 cm³/mol. The number of hydrogen-bond acceptors (Lipinski definition) is 6. The fraction of sp³-hybridized carbons (Fsp3) is 0.440. The maximum absolute atomic E-state index is 13.9. The van der Waals surface area contributed by atoms with Crippen LogP contribution < -0.4 is 10.6 Å². The first-order valence-electron chi connectivity index (χ1n) is 11.9. The van der Waals surface area contributed by atoms with Crippen molar-refractivity contribution in [3.05, 3.63) is 54.0 Å². The maximum atomic E-state index is 13.9. The average Bonchev–Trinajstić information content (AvgIpc) is 3.26. The quantitative estimate of drug-likeness (QED) is 0.466. The molecule has 1 aromatic carbocycles. The number of halogens is 3. The third-order valence-corrected chi connectivity index (χ3v) is 5.67. The summed E-state index contributed by atoms with van der Waals surface area (Å²) in [5, 5.41) is 9.75. The Balaban J connectivity index is 1.45. The van der Waals surface area contributed by atoms with E-state index >= 15 is 0 Å². The van der Waals surface area contributed by atoms with E-state index in [1.807, 2.05) is 27.7 Å². The van der Waals surface area contributed by atoms with Crippen LogP contribution in [0.5, 0.6) is 0 Å². The molecule has 0 spiro atoms. The Kier molecular flexibility index (Phi) is 7.39. The number of carbonyl (C=O) groups excluding carboxylic acids is 1. The van der Waals surface area contributed by atoms with Crippen molar-refractivity contribution in [1.82, 2.24) is 30.0 Å². The van der Waals surface area contributed by atoms with Crippen molar-refractivity contribution >= 4 is 17.7 Å².